The van der Waals surface area contributed by atoms with E-state index in [1.54, 1.807) is 4.90 Å². The Bertz CT molecular complexity index is 443. The van der Waals surface area contributed by atoms with Crippen molar-refractivity contribution >= 4 is 11.8 Å². The van der Waals surface area contributed by atoms with Gasteiger partial charge in [0.25, 0.3) is 0 Å². The van der Waals surface area contributed by atoms with E-state index in [1.165, 1.54) is 12.5 Å². The largest absolute Gasteiger partial charge is 0.354 e. The van der Waals surface area contributed by atoms with E-state index in [0.29, 0.717) is 19.0 Å². The maximum Gasteiger partial charge on any atom is 0.239 e. The van der Waals surface area contributed by atoms with Gasteiger partial charge < -0.3 is 10.2 Å². The fourth-order valence-electron chi connectivity index (χ4n) is 1.98. The highest BCUT2D eigenvalue weighted by Crippen LogP contribution is 2.02. The van der Waals surface area contributed by atoms with Gasteiger partial charge >= 0.3 is 0 Å². The van der Waals surface area contributed by atoms with E-state index < -0.39 is 0 Å². The Morgan fingerprint density at radius 2 is 1.86 bits per heavy atom. The van der Waals surface area contributed by atoms with Gasteiger partial charge in [-0.1, -0.05) is 44.2 Å². The molecule has 1 N–H and O–H groups in total. The lowest BCUT2D eigenvalue weighted by Gasteiger charge is -2.21. The van der Waals surface area contributed by atoms with Crippen LogP contribution in [0.1, 0.15) is 32.8 Å². The van der Waals surface area contributed by atoms with Gasteiger partial charge in [0.15, 0.2) is 0 Å². The molecule has 0 heterocycles. The second-order valence-corrected chi connectivity index (χ2v) is 5.71. The Kier molecular flexibility index (Phi) is 7.51. The standard InChI is InChI=1S/C17H26N2O2/c1-14(2)10-12-19(15(3)20)13-17(21)18-11-9-16-7-5-4-6-8-16/h4-8,14H,9-13H2,1-3H3,(H,18,21). The summed E-state index contributed by atoms with van der Waals surface area (Å²) < 4.78 is 0. The van der Waals surface area contributed by atoms with E-state index >= 15 is 0 Å². The van der Waals surface area contributed by atoms with Gasteiger partial charge in [-0.15, -0.1) is 0 Å². The molecule has 1 aromatic carbocycles. The van der Waals surface area contributed by atoms with Gasteiger partial charge in [0.2, 0.25) is 11.8 Å². The van der Waals surface area contributed by atoms with E-state index in [9.17, 15) is 9.59 Å². The third kappa shape index (κ3) is 7.49. The summed E-state index contributed by atoms with van der Waals surface area (Å²) in [5.41, 5.74) is 1.20. The average Bonchev–Trinajstić information content (AvgIpc) is 2.44. The first-order chi connectivity index (χ1) is 9.99. The van der Waals surface area contributed by atoms with Crippen LogP contribution in [-0.4, -0.2) is 36.3 Å². The van der Waals surface area contributed by atoms with Crippen molar-refractivity contribution in [3.63, 3.8) is 0 Å². The molecule has 0 aliphatic carbocycles. The quantitative estimate of drug-likeness (QED) is 0.798. The normalized spacial score (nSPS) is 10.5. The van der Waals surface area contributed by atoms with Gasteiger partial charge in [0.1, 0.15) is 0 Å². The monoisotopic (exact) mass is 290 g/mol. The molecule has 0 atom stereocenters. The molecule has 0 saturated carbocycles. The van der Waals surface area contributed by atoms with Crippen LogP contribution in [0, 0.1) is 5.92 Å². The lowest BCUT2D eigenvalue weighted by Crippen LogP contribution is -2.41. The molecule has 21 heavy (non-hydrogen) atoms. The van der Waals surface area contributed by atoms with Crippen LogP contribution in [-0.2, 0) is 16.0 Å². The van der Waals surface area contributed by atoms with Crippen molar-refractivity contribution in [1.29, 1.82) is 0 Å². The molecule has 1 aromatic rings. The maximum atomic E-state index is 11.9. The van der Waals surface area contributed by atoms with Crippen LogP contribution in [0.3, 0.4) is 0 Å². The first-order valence-corrected chi connectivity index (χ1v) is 7.55. The van der Waals surface area contributed by atoms with Crippen molar-refractivity contribution in [2.45, 2.75) is 33.6 Å². The van der Waals surface area contributed by atoms with E-state index in [1.807, 2.05) is 30.3 Å². The third-order valence-corrected chi connectivity index (χ3v) is 3.33. The number of rotatable bonds is 8. The number of nitrogens with one attached hydrogen (secondary N) is 1. The molecule has 1 rings (SSSR count). The average molecular weight is 290 g/mol. The maximum absolute atomic E-state index is 11.9. The van der Waals surface area contributed by atoms with E-state index in [0.717, 1.165) is 12.8 Å². The lowest BCUT2D eigenvalue weighted by molar-refractivity contribution is -0.134. The van der Waals surface area contributed by atoms with Gasteiger partial charge in [-0.3, -0.25) is 9.59 Å². The molecule has 0 saturated heterocycles. The molecule has 116 valence electrons. The first-order valence-electron chi connectivity index (χ1n) is 7.55. The third-order valence-electron chi connectivity index (χ3n) is 3.33. The lowest BCUT2D eigenvalue weighted by atomic mass is 10.1. The number of hydrogen-bond acceptors (Lipinski definition) is 2. The van der Waals surface area contributed by atoms with Gasteiger partial charge in [-0.25, -0.2) is 0 Å². The summed E-state index contributed by atoms with van der Waals surface area (Å²) >= 11 is 0. The highest BCUT2D eigenvalue weighted by atomic mass is 16.2. The van der Waals surface area contributed by atoms with E-state index in [4.69, 9.17) is 0 Å². The Labute approximate surface area is 127 Å². The summed E-state index contributed by atoms with van der Waals surface area (Å²) in [5, 5.41) is 2.87. The molecule has 0 fully saturated rings. The highest BCUT2D eigenvalue weighted by Gasteiger charge is 2.13. The van der Waals surface area contributed by atoms with Crippen molar-refractivity contribution in [2.24, 2.45) is 5.92 Å². The summed E-state index contributed by atoms with van der Waals surface area (Å²) in [4.78, 5) is 25.0. The van der Waals surface area contributed by atoms with Crippen LogP contribution in [0.15, 0.2) is 30.3 Å². The molecular weight excluding hydrogens is 264 g/mol. The molecule has 0 spiro atoms. The van der Waals surface area contributed by atoms with Crippen molar-refractivity contribution < 1.29 is 9.59 Å². The Morgan fingerprint density at radius 3 is 2.43 bits per heavy atom. The smallest absolute Gasteiger partial charge is 0.239 e. The summed E-state index contributed by atoms with van der Waals surface area (Å²) in [6.45, 7) is 7.11. The minimum absolute atomic E-state index is 0.0474. The van der Waals surface area contributed by atoms with E-state index in [2.05, 4.69) is 19.2 Å². The van der Waals surface area contributed by atoms with Gasteiger partial charge in [-0.2, -0.15) is 0 Å². The minimum atomic E-state index is -0.0927. The van der Waals surface area contributed by atoms with Crippen LogP contribution in [0.2, 0.25) is 0 Å². The number of nitrogens with zero attached hydrogens (tertiary/aromatic N) is 1. The predicted octanol–water partition coefficient (Wildman–Crippen LogP) is 2.24. The summed E-state index contributed by atoms with van der Waals surface area (Å²) in [6.07, 6.45) is 1.72. The fourth-order valence-corrected chi connectivity index (χ4v) is 1.98. The van der Waals surface area contributed by atoms with E-state index in [-0.39, 0.29) is 18.4 Å². The van der Waals surface area contributed by atoms with Gasteiger partial charge in [0, 0.05) is 20.0 Å². The number of hydrogen-bond donors (Lipinski definition) is 1. The molecule has 4 nitrogen and oxygen atoms in total. The van der Waals surface area contributed by atoms with Crippen LogP contribution in [0.25, 0.3) is 0 Å². The second-order valence-electron chi connectivity index (χ2n) is 5.71. The zero-order valence-corrected chi connectivity index (χ0v) is 13.3. The van der Waals surface area contributed by atoms with Crippen LogP contribution in [0.4, 0.5) is 0 Å². The molecule has 0 aliphatic heterocycles. The molecule has 2 amide bonds. The zero-order chi connectivity index (χ0) is 15.7. The molecule has 0 radical (unpaired) electrons. The first kappa shape index (κ1) is 17.2. The van der Waals surface area contributed by atoms with Crippen LogP contribution >= 0.6 is 0 Å². The van der Waals surface area contributed by atoms with Crippen molar-refractivity contribution in [1.82, 2.24) is 10.2 Å². The molecule has 4 heteroatoms. The predicted molar refractivity (Wildman–Crippen MR) is 84.9 cm³/mol. The molecule has 0 unspecified atom stereocenters. The molecule has 0 bridgehead atoms. The number of benzene rings is 1. The highest BCUT2D eigenvalue weighted by molar-refractivity contribution is 5.83. The van der Waals surface area contributed by atoms with Crippen molar-refractivity contribution in [3.8, 4) is 0 Å². The van der Waals surface area contributed by atoms with Gasteiger partial charge in [-0.05, 0) is 24.3 Å². The Morgan fingerprint density at radius 1 is 1.19 bits per heavy atom. The number of carbonyl (C=O) groups is 2. The van der Waals surface area contributed by atoms with Gasteiger partial charge in [0.05, 0.1) is 6.54 Å². The molecular formula is C17H26N2O2. The summed E-state index contributed by atoms with van der Waals surface area (Å²) in [5.74, 6) is 0.381. The Balaban J connectivity index is 2.31. The number of amides is 2. The fraction of sp³-hybridized carbons (Fsp3) is 0.529. The SMILES string of the molecule is CC(=O)N(CCC(C)C)CC(=O)NCCc1ccccc1. The Hall–Kier alpha value is -1.84. The van der Waals surface area contributed by atoms with Crippen LogP contribution in [0.5, 0.6) is 0 Å². The van der Waals surface area contributed by atoms with Crippen molar-refractivity contribution in [3.05, 3.63) is 35.9 Å². The topological polar surface area (TPSA) is 49.4 Å². The zero-order valence-electron chi connectivity index (χ0n) is 13.3. The molecule has 0 aromatic heterocycles. The van der Waals surface area contributed by atoms with Crippen LogP contribution < -0.4 is 5.32 Å². The minimum Gasteiger partial charge on any atom is -0.354 e. The summed E-state index contributed by atoms with van der Waals surface area (Å²) in [6, 6.07) is 10.0. The molecule has 0 aliphatic rings. The van der Waals surface area contributed by atoms with Crippen molar-refractivity contribution in [2.75, 3.05) is 19.6 Å². The second kappa shape index (κ2) is 9.16. The summed E-state index contributed by atoms with van der Waals surface area (Å²) in [7, 11) is 0. The number of carbonyl (C=O) groups excluding carboxylic acids is 2.